The first kappa shape index (κ1) is 18.5. The van der Waals surface area contributed by atoms with Gasteiger partial charge in [-0.3, -0.25) is 4.90 Å². The molecule has 0 radical (unpaired) electrons. The third-order valence-corrected chi connectivity index (χ3v) is 6.46. The summed E-state index contributed by atoms with van der Waals surface area (Å²) in [6.45, 7) is 1.34. The Morgan fingerprint density at radius 2 is 1.89 bits per heavy atom. The van der Waals surface area contributed by atoms with E-state index in [1.165, 1.54) is 11.6 Å². The Balaban J connectivity index is 1.69. The second-order valence-electron chi connectivity index (χ2n) is 7.99. The van der Waals surface area contributed by atoms with Crippen LogP contribution in [0.1, 0.15) is 49.3 Å². The number of nitrogens with zero attached hydrogens (tertiary/aromatic N) is 1. The molecule has 1 aliphatic heterocycles. The molecule has 144 valence electrons. The monoisotopic (exact) mass is 369 g/mol. The zero-order valence-corrected chi connectivity index (χ0v) is 15.9. The zero-order chi connectivity index (χ0) is 18.9. The van der Waals surface area contributed by atoms with Gasteiger partial charge in [-0.25, -0.2) is 4.39 Å². The van der Waals surface area contributed by atoms with Crippen molar-refractivity contribution in [3.8, 4) is 5.75 Å². The van der Waals surface area contributed by atoms with Crippen LogP contribution in [0.25, 0.3) is 0 Å². The van der Waals surface area contributed by atoms with Crippen LogP contribution < -0.4 is 4.74 Å². The van der Waals surface area contributed by atoms with Gasteiger partial charge in [-0.05, 0) is 43.0 Å². The van der Waals surface area contributed by atoms with Crippen LogP contribution in [0.3, 0.4) is 0 Å². The molecule has 2 fully saturated rings. The number of rotatable bonds is 4. The van der Waals surface area contributed by atoms with Crippen LogP contribution in [-0.4, -0.2) is 29.3 Å². The van der Waals surface area contributed by atoms with Gasteiger partial charge in [0.2, 0.25) is 0 Å². The maximum absolute atomic E-state index is 14.3. The fourth-order valence-corrected chi connectivity index (χ4v) is 5.01. The highest BCUT2D eigenvalue weighted by molar-refractivity contribution is 5.31. The molecule has 2 aromatic carbocycles. The summed E-state index contributed by atoms with van der Waals surface area (Å²) in [6.07, 6.45) is 4.89. The number of halogens is 1. The van der Waals surface area contributed by atoms with Crippen molar-refractivity contribution in [2.24, 2.45) is 5.92 Å². The van der Waals surface area contributed by atoms with Crippen LogP contribution in [0.5, 0.6) is 5.75 Å². The molecule has 0 aromatic heterocycles. The van der Waals surface area contributed by atoms with Gasteiger partial charge in [-0.2, -0.15) is 0 Å². The molecule has 1 heterocycles. The number of aliphatic hydroxyl groups is 1. The summed E-state index contributed by atoms with van der Waals surface area (Å²) >= 11 is 0. The second-order valence-corrected chi connectivity index (χ2v) is 7.99. The van der Waals surface area contributed by atoms with Crippen LogP contribution >= 0.6 is 0 Å². The van der Waals surface area contributed by atoms with Gasteiger partial charge in [0.1, 0.15) is 11.6 Å². The molecule has 2 aliphatic rings. The highest BCUT2D eigenvalue weighted by Crippen LogP contribution is 2.49. The van der Waals surface area contributed by atoms with E-state index in [9.17, 15) is 9.50 Å². The number of piperidine rings is 1. The van der Waals surface area contributed by atoms with Crippen molar-refractivity contribution >= 4 is 0 Å². The molecule has 1 aliphatic carbocycles. The average Bonchev–Trinajstić information content (AvgIpc) is 2.70. The highest BCUT2D eigenvalue weighted by Gasteiger charge is 2.48. The second kappa shape index (κ2) is 7.61. The molecular weight excluding hydrogens is 341 g/mol. The summed E-state index contributed by atoms with van der Waals surface area (Å²) < 4.78 is 19.6. The number of fused-ring (bicyclic) bond motifs is 1. The topological polar surface area (TPSA) is 32.7 Å². The first-order chi connectivity index (χ1) is 13.1. The third-order valence-electron chi connectivity index (χ3n) is 6.46. The van der Waals surface area contributed by atoms with E-state index in [1.54, 1.807) is 13.2 Å². The smallest absolute Gasteiger partial charge is 0.127 e. The normalized spacial score (nSPS) is 28.6. The molecule has 4 rings (SSSR count). The Morgan fingerprint density at radius 1 is 1.11 bits per heavy atom. The molecule has 1 saturated heterocycles. The standard InChI is InChI=1S/C23H28FNO2/c1-27-19-11-9-17(10-12-19)22-20-7-4-5-13-23(20,26)14-15-25(22)16-18-6-2-3-8-21(18)24/h2-3,6,8-12,20,22,26H,4-5,7,13-16H2,1H3/t20-,22+,23-/m0/s1. The van der Waals surface area contributed by atoms with Crippen LogP contribution in [0.15, 0.2) is 48.5 Å². The van der Waals surface area contributed by atoms with Gasteiger partial charge in [0.05, 0.1) is 12.7 Å². The lowest BCUT2D eigenvalue weighted by molar-refractivity contribution is -0.126. The van der Waals surface area contributed by atoms with Crippen LogP contribution in [0, 0.1) is 11.7 Å². The van der Waals surface area contributed by atoms with Crippen molar-refractivity contribution < 1.29 is 14.2 Å². The Kier molecular flexibility index (Phi) is 5.20. The van der Waals surface area contributed by atoms with Crippen LogP contribution in [-0.2, 0) is 6.54 Å². The highest BCUT2D eigenvalue weighted by atomic mass is 19.1. The Morgan fingerprint density at radius 3 is 2.63 bits per heavy atom. The van der Waals surface area contributed by atoms with Gasteiger partial charge >= 0.3 is 0 Å². The molecule has 1 N–H and O–H groups in total. The Bertz CT molecular complexity index is 778. The first-order valence-electron chi connectivity index (χ1n) is 9.94. The molecule has 0 amide bonds. The van der Waals surface area contributed by atoms with Gasteiger partial charge in [-0.15, -0.1) is 0 Å². The number of methoxy groups -OCH3 is 1. The average molecular weight is 369 g/mol. The lowest BCUT2D eigenvalue weighted by Crippen LogP contribution is -2.54. The van der Waals surface area contributed by atoms with Crippen molar-refractivity contribution in [3.05, 3.63) is 65.5 Å². The molecule has 0 spiro atoms. The van der Waals surface area contributed by atoms with Gasteiger partial charge in [0, 0.05) is 30.6 Å². The number of benzene rings is 2. The number of ether oxygens (including phenoxy) is 1. The Hall–Kier alpha value is -1.91. The van der Waals surface area contributed by atoms with E-state index in [4.69, 9.17) is 4.74 Å². The largest absolute Gasteiger partial charge is 0.497 e. The minimum atomic E-state index is -0.603. The molecule has 3 atom stereocenters. The van der Waals surface area contributed by atoms with Gasteiger partial charge in [0.15, 0.2) is 0 Å². The van der Waals surface area contributed by atoms with E-state index in [0.29, 0.717) is 6.54 Å². The molecule has 3 nitrogen and oxygen atoms in total. The number of hydrogen-bond acceptors (Lipinski definition) is 3. The minimum Gasteiger partial charge on any atom is -0.497 e. The molecule has 2 aromatic rings. The molecule has 0 bridgehead atoms. The van der Waals surface area contributed by atoms with E-state index in [0.717, 1.165) is 50.0 Å². The fraction of sp³-hybridized carbons (Fsp3) is 0.478. The lowest BCUT2D eigenvalue weighted by atomic mass is 9.66. The molecule has 27 heavy (non-hydrogen) atoms. The quantitative estimate of drug-likeness (QED) is 0.848. The van der Waals surface area contributed by atoms with Gasteiger partial charge < -0.3 is 9.84 Å². The van der Waals surface area contributed by atoms with Crippen molar-refractivity contribution in [2.75, 3.05) is 13.7 Å². The number of hydrogen-bond donors (Lipinski definition) is 1. The predicted molar refractivity (Wildman–Crippen MR) is 104 cm³/mol. The summed E-state index contributed by atoms with van der Waals surface area (Å²) in [6, 6.07) is 15.3. The summed E-state index contributed by atoms with van der Waals surface area (Å²) in [5, 5.41) is 11.3. The predicted octanol–water partition coefficient (Wildman–Crippen LogP) is 4.70. The van der Waals surface area contributed by atoms with E-state index in [2.05, 4.69) is 17.0 Å². The maximum Gasteiger partial charge on any atom is 0.127 e. The summed E-state index contributed by atoms with van der Waals surface area (Å²) in [7, 11) is 1.67. The maximum atomic E-state index is 14.3. The molecule has 0 unspecified atom stereocenters. The van der Waals surface area contributed by atoms with E-state index >= 15 is 0 Å². The zero-order valence-electron chi connectivity index (χ0n) is 15.9. The molecular formula is C23H28FNO2. The van der Waals surface area contributed by atoms with E-state index in [-0.39, 0.29) is 17.8 Å². The molecule has 4 heteroatoms. The third kappa shape index (κ3) is 3.61. The Labute approximate surface area is 160 Å². The lowest BCUT2D eigenvalue weighted by Gasteiger charge is -2.52. The van der Waals surface area contributed by atoms with Gasteiger partial charge in [0.25, 0.3) is 0 Å². The first-order valence-corrected chi connectivity index (χ1v) is 9.94. The van der Waals surface area contributed by atoms with Crippen molar-refractivity contribution in [1.29, 1.82) is 0 Å². The fourth-order valence-electron chi connectivity index (χ4n) is 5.01. The van der Waals surface area contributed by atoms with E-state index < -0.39 is 5.60 Å². The summed E-state index contributed by atoms with van der Waals surface area (Å²) in [5.74, 6) is 0.852. The minimum absolute atomic E-state index is 0.0922. The SMILES string of the molecule is COc1ccc([C@@H]2[C@@H]3CCCC[C@]3(O)CCN2Cc2ccccc2F)cc1. The summed E-state index contributed by atoms with van der Waals surface area (Å²) in [5.41, 5.74) is 1.30. The van der Waals surface area contributed by atoms with Crippen LogP contribution in [0.4, 0.5) is 4.39 Å². The number of likely N-dealkylation sites (tertiary alicyclic amines) is 1. The van der Waals surface area contributed by atoms with E-state index in [1.807, 2.05) is 24.3 Å². The van der Waals surface area contributed by atoms with Gasteiger partial charge in [-0.1, -0.05) is 43.2 Å². The van der Waals surface area contributed by atoms with Crippen LogP contribution in [0.2, 0.25) is 0 Å². The molecule has 1 saturated carbocycles. The van der Waals surface area contributed by atoms with Crippen molar-refractivity contribution in [3.63, 3.8) is 0 Å². The van der Waals surface area contributed by atoms with Crippen molar-refractivity contribution in [1.82, 2.24) is 4.90 Å². The summed E-state index contributed by atoms with van der Waals surface area (Å²) in [4.78, 5) is 2.35. The van der Waals surface area contributed by atoms with Crippen molar-refractivity contribution in [2.45, 2.75) is 50.3 Å².